The van der Waals surface area contributed by atoms with Crippen LogP contribution in [0.3, 0.4) is 0 Å². The summed E-state index contributed by atoms with van der Waals surface area (Å²) in [5.41, 5.74) is -0.000644. The fourth-order valence-electron chi connectivity index (χ4n) is 3.40. The van der Waals surface area contributed by atoms with Gasteiger partial charge in [0, 0.05) is 19.1 Å². The Kier molecular flexibility index (Phi) is 4.47. The van der Waals surface area contributed by atoms with E-state index < -0.39 is 0 Å². The second-order valence-corrected chi connectivity index (χ2v) is 7.04. The predicted molar refractivity (Wildman–Crippen MR) is 75.6 cm³/mol. The number of ketones is 1. The number of hydrogen-bond acceptors (Lipinski definition) is 5. The van der Waals surface area contributed by atoms with Gasteiger partial charge in [0.25, 0.3) is 0 Å². The highest BCUT2D eigenvalue weighted by molar-refractivity contribution is 7.99. The van der Waals surface area contributed by atoms with Crippen LogP contribution in [0, 0.1) is 5.92 Å². The molecule has 0 radical (unpaired) electrons. The number of rotatable bonds is 2. The number of morpholine rings is 1. The highest BCUT2D eigenvalue weighted by Crippen LogP contribution is 2.40. The topological polar surface area (TPSA) is 47.6 Å². The van der Waals surface area contributed by atoms with Gasteiger partial charge >= 0.3 is 0 Å². The van der Waals surface area contributed by atoms with Crippen LogP contribution in [0.15, 0.2) is 0 Å². The Morgan fingerprint density at radius 2 is 2.11 bits per heavy atom. The molecular weight excluding hydrogens is 262 g/mol. The molecule has 4 nitrogen and oxygen atoms in total. The van der Waals surface area contributed by atoms with Crippen LogP contribution in [-0.2, 0) is 14.3 Å². The Morgan fingerprint density at radius 1 is 1.26 bits per heavy atom. The Labute approximate surface area is 119 Å². The molecule has 0 aromatic heterocycles. The third-order valence-corrected chi connectivity index (χ3v) is 5.55. The molecule has 3 rings (SSSR count). The van der Waals surface area contributed by atoms with Crippen LogP contribution < -0.4 is 5.32 Å². The first kappa shape index (κ1) is 13.9. The zero-order valence-corrected chi connectivity index (χ0v) is 12.2. The molecule has 108 valence electrons. The van der Waals surface area contributed by atoms with Crippen LogP contribution in [0.5, 0.6) is 0 Å². The van der Waals surface area contributed by atoms with Gasteiger partial charge in [0.2, 0.25) is 0 Å². The van der Waals surface area contributed by atoms with Gasteiger partial charge in [0.15, 0.2) is 5.78 Å². The molecule has 1 N–H and O–H groups in total. The first-order valence-electron chi connectivity index (χ1n) is 7.36. The summed E-state index contributed by atoms with van der Waals surface area (Å²) in [5, 5.41) is 3.29. The van der Waals surface area contributed by atoms with Gasteiger partial charge in [-0.1, -0.05) is 0 Å². The van der Waals surface area contributed by atoms with Crippen molar-refractivity contribution in [3.63, 3.8) is 0 Å². The van der Waals surface area contributed by atoms with E-state index in [0.717, 1.165) is 45.4 Å². The zero-order valence-electron chi connectivity index (χ0n) is 11.4. The number of nitrogens with one attached hydrogen (secondary N) is 1. The van der Waals surface area contributed by atoms with Crippen molar-refractivity contribution >= 4 is 17.5 Å². The van der Waals surface area contributed by atoms with Crippen LogP contribution in [-0.4, -0.2) is 55.3 Å². The van der Waals surface area contributed by atoms with Gasteiger partial charge in [0.1, 0.15) is 0 Å². The zero-order chi connectivity index (χ0) is 13.1. The molecule has 3 saturated heterocycles. The molecule has 0 aliphatic carbocycles. The normalized spacial score (nSPS) is 35.2. The van der Waals surface area contributed by atoms with E-state index in [2.05, 4.69) is 5.32 Å². The Balaban J connectivity index is 1.62. The average Bonchev–Trinajstić information content (AvgIpc) is 2.48. The number of thioether (sulfide) groups is 1. The Morgan fingerprint density at radius 3 is 2.84 bits per heavy atom. The van der Waals surface area contributed by atoms with E-state index >= 15 is 0 Å². The number of carbonyl (C=O) groups is 1. The smallest absolute Gasteiger partial charge is 0.155 e. The first-order chi connectivity index (χ1) is 9.29. The highest BCUT2D eigenvalue weighted by Gasteiger charge is 2.42. The molecule has 3 aliphatic rings. The van der Waals surface area contributed by atoms with Crippen molar-refractivity contribution in [1.29, 1.82) is 0 Å². The maximum absolute atomic E-state index is 12.6. The summed E-state index contributed by atoms with van der Waals surface area (Å²) >= 11 is 2.00. The van der Waals surface area contributed by atoms with Crippen molar-refractivity contribution in [2.75, 3.05) is 37.9 Å². The molecule has 0 bridgehead atoms. The second kappa shape index (κ2) is 6.12. The summed E-state index contributed by atoms with van der Waals surface area (Å²) in [7, 11) is 0. The van der Waals surface area contributed by atoms with E-state index in [1.807, 2.05) is 11.8 Å². The van der Waals surface area contributed by atoms with Gasteiger partial charge in [-0.25, -0.2) is 0 Å². The van der Waals surface area contributed by atoms with Crippen LogP contribution in [0.25, 0.3) is 0 Å². The fraction of sp³-hybridized carbons (Fsp3) is 0.929. The third kappa shape index (κ3) is 3.15. The average molecular weight is 285 g/mol. The largest absolute Gasteiger partial charge is 0.378 e. The monoisotopic (exact) mass is 285 g/mol. The summed E-state index contributed by atoms with van der Waals surface area (Å²) < 4.78 is 11.5. The van der Waals surface area contributed by atoms with E-state index in [0.29, 0.717) is 12.4 Å². The van der Waals surface area contributed by atoms with E-state index in [4.69, 9.17) is 9.47 Å². The molecule has 5 heteroatoms. The van der Waals surface area contributed by atoms with Crippen molar-refractivity contribution < 1.29 is 14.3 Å². The SMILES string of the molecule is O=C(C1CCOC2(CCSCC2)C1)C1COCCN1. The van der Waals surface area contributed by atoms with Gasteiger partial charge in [-0.15, -0.1) is 0 Å². The molecule has 3 heterocycles. The Bertz CT molecular complexity index is 319. The molecule has 0 aromatic rings. The first-order valence-corrected chi connectivity index (χ1v) is 8.51. The van der Waals surface area contributed by atoms with Gasteiger partial charge < -0.3 is 14.8 Å². The third-order valence-electron chi connectivity index (χ3n) is 4.56. The minimum absolute atomic E-state index is 0.000644. The number of hydrogen-bond donors (Lipinski definition) is 1. The molecule has 0 aromatic carbocycles. The minimum Gasteiger partial charge on any atom is -0.378 e. The number of ether oxygens (including phenoxy) is 2. The van der Waals surface area contributed by atoms with Crippen LogP contribution >= 0.6 is 11.8 Å². The molecule has 0 amide bonds. The Hall–Kier alpha value is -0.100. The predicted octanol–water partition coefficient (Wildman–Crippen LogP) is 1.24. The molecule has 19 heavy (non-hydrogen) atoms. The summed E-state index contributed by atoms with van der Waals surface area (Å²) in [6.45, 7) is 2.80. The van der Waals surface area contributed by atoms with Crippen LogP contribution in [0.2, 0.25) is 0 Å². The second-order valence-electron chi connectivity index (χ2n) is 5.82. The lowest BCUT2D eigenvalue weighted by Gasteiger charge is -2.43. The summed E-state index contributed by atoms with van der Waals surface area (Å²) in [6, 6.07) is -0.0909. The lowest BCUT2D eigenvalue weighted by Crippen LogP contribution is -2.52. The summed E-state index contributed by atoms with van der Waals surface area (Å²) in [5.74, 6) is 2.86. The summed E-state index contributed by atoms with van der Waals surface area (Å²) in [4.78, 5) is 12.6. The van der Waals surface area contributed by atoms with Crippen molar-refractivity contribution in [3.8, 4) is 0 Å². The molecule has 2 atom stereocenters. The van der Waals surface area contributed by atoms with E-state index in [1.165, 1.54) is 11.5 Å². The minimum atomic E-state index is -0.0909. The maximum atomic E-state index is 12.6. The van der Waals surface area contributed by atoms with Gasteiger partial charge in [0.05, 0.1) is 24.9 Å². The molecule has 3 fully saturated rings. The van der Waals surface area contributed by atoms with Crippen LogP contribution in [0.1, 0.15) is 25.7 Å². The molecule has 1 spiro atoms. The molecule has 2 unspecified atom stereocenters. The quantitative estimate of drug-likeness (QED) is 0.827. The number of carbonyl (C=O) groups excluding carboxylic acids is 1. The van der Waals surface area contributed by atoms with Crippen molar-refractivity contribution in [1.82, 2.24) is 5.32 Å². The van der Waals surface area contributed by atoms with Gasteiger partial charge in [-0.3, -0.25) is 4.79 Å². The van der Waals surface area contributed by atoms with E-state index in [-0.39, 0.29) is 17.6 Å². The molecular formula is C14H23NO3S. The summed E-state index contributed by atoms with van der Waals surface area (Å²) in [6.07, 6.45) is 4.02. The highest BCUT2D eigenvalue weighted by atomic mass is 32.2. The fourth-order valence-corrected chi connectivity index (χ4v) is 4.63. The lowest BCUT2D eigenvalue weighted by atomic mass is 9.78. The lowest BCUT2D eigenvalue weighted by molar-refractivity contribution is -0.142. The van der Waals surface area contributed by atoms with E-state index in [9.17, 15) is 4.79 Å². The maximum Gasteiger partial charge on any atom is 0.155 e. The van der Waals surface area contributed by atoms with Crippen molar-refractivity contribution in [2.45, 2.75) is 37.3 Å². The standard InChI is InChI=1S/C14H23NO3S/c16-13(12-10-17-6-4-15-12)11-1-5-18-14(9-11)2-7-19-8-3-14/h11-12,15H,1-10H2. The number of Topliss-reactive ketones (excluding diaryl/α,β-unsaturated/α-hetero) is 1. The van der Waals surface area contributed by atoms with Crippen molar-refractivity contribution in [2.24, 2.45) is 5.92 Å². The van der Waals surface area contributed by atoms with Gasteiger partial charge in [-0.05, 0) is 37.2 Å². The van der Waals surface area contributed by atoms with Gasteiger partial charge in [-0.2, -0.15) is 11.8 Å². The molecule has 0 saturated carbocycles. The van der Waals surface area contributed by atoms with Crippen molar-refractivity contribution in [3.05, 3.63) is 0 Å². The van der Waals surface area contributed by atoms with Crippen LogP contribution in [0.4, 0.5) is 0 Å². The van der Waals surface area contributed by atoms with E-state index in [1.54, 1.807) is 0 Å². The molecule has 3 aliphatic heterocycles.